The first-order valence-corrected chi connectivity index (χ1v) is 13.9. The summed E-state index contributed by atoms with van der Waals surface area (Å²) in [6, 6.07) is 11.9. The van der Waals surface area contributed by atoms with E-state index in [1.54, 1.807) is 54.9 Å². The highest BCUT2D eigenvalue weighted by molar-refractivity contribution is 7.94. The molecule has 2 N–H and O–H groups in total. The van der Waals surface area contributed by atoms with Gasteiger partial charge < -0.3 is 10.6 Å². The summed E-state index contributed by atoms with van der Waals surface area (Å²) in [6.45, 7) is 5.25. The van der Waals surface area contributed by atoms with E-state index in [-0.39, 0.29) is 22.7 Å². The van der Waals surface area contributed by atoms with Gasteiger partial charge in [0.25, 0.3) is 5.91 Å². The first-order valence-electron chi connectivity index (χ1n) is 11.1. The average molecular weight is 532 g/mol. The second-order valence-electron chi connectivity index (χ2n) is 8.11. The van der Waals surface area contributed by atoms with Crippen LogP contribution in [0.5, 0.6) is 0 Å². The summed E-state index contributed by atoms with van der Waals surface area (Å²) in [4.78, 5) is 23.4. The number of anilines is 1. The molecule has 0 spiro atoms. The predicted molar refractivity (Wildman–Crippen MR) is 138 cm³/mol. The van der Waals surface area contributed by atoms with Crippen LogP contribution in [-0.2, 0) is 16.4 Å². The lowest BCUT2D eigenvalue weighted by Gasteiger charge is -2.35. The van der Waals surface area contributed by atoms with E-state index in [0.29, 0.717) is 29.6 Å². The molecule has 184 valence electrons. The zero-order chi connectivity index (χ0) is 24.8. The number of halogens is 1. The van der Waals surface area contributed by atoms with E-state index in [1.165, 1.54) is 6.08 Å². The third kappa shape index (κ3) is 6.26. The molecule has 2 aromatic heterocycles. The Morgan fingerprint density at radius 3 is 2.51 bits per heavy atom. The lowest BCUT2D eigenvalue weighted by molar-refractivity contribution is 0.0951. The highest BCUT2D eigenvalue weighted by Crippen LogP contribution is 2.29. The van der Waals surface area contributed by atoms with Crippen LogP contribution in [-0.4, -0.2) is 53.7 Å². The van der Waals surface area contributed by atoms with Crippen molar-refractivity contribution in [2.24, 2.45) is 0 Å². The van der Waals surface area contributed by atoms with Gasteiger partial charge in [-0.05, 0) is 55.3 Å². The SMILES string of the molecule is C=CC(N1CCC(Nc2ncccn2)CC1)S(=O)(=O)c1ccc(CNC(=O)c2ccc(Cl)cc2)s1. The zero-order valence-corrected chi connectivity index (χ0v) is 21.3. The Kier molecular flexibility index (Phi) is 8.17. The highest BCUT2D eigenvalue weighted by Gasteiger charge is 2.34. The van der Waals surface area contributed by atoms with Gasteiger partial charge in [-0.25, -0.2) is 18.4 Å². The number of rotatable bonds is 9. The molecule has 11 heteroatoms. The van der Waals surface area contributed by atoms with Crippen LogP contribution in [0, 0.1) is 0 Å². The standard InChI is InChI=1S/C24H26ClN5O3S2/c1-2-21(30-14-10-19(11-15-30)29-24-26-12-3-13-27-24)35(32,33)22-9-8-20(34-22)16-28-23(31)17-4-6-18(25)7-5-17/h2-9,12-13,19,21H,1,10-11,14-16H2,(H,28,31)(H,26,27,29). The predicted octanol–water partition coefficient (Wildman–Crippen LogP) is 3.98. The van der Waals surface area contributed by atoms with Crippen LogP contribution in [0.25, 0.3) is 0 Å². The maximum absolute atomic E-state index is 13.4. The van der Waals surface area contributed by atoms with E-state index in [4.69, 9.17) is 11.6 Å². The van der Waals surface area contributed by atoms with Crippen LogP contribution in [0.3, 0.4) is 0 Å². The van der Waals surface area contributed by atoms with Gasteiger partial charge in [0.15, 0.2) is 0 Å². The molecule has 4 rings (SSSR count). The molecule has 1 aliphatic rings. The number of sulfone groups is 1. The molecule has 8 nitrogen and oxygen atoms in total. The Hall–Kier alpha value is -2.79. The molecule has 1 saturated heterocycles. The number of carbonyl (C=O) groups excluding carboxylic acids is 1. The molecule has 1 aromatic carbocycles. The molecular weight excluding hydrogens is 506 g/mol. The van der Waals surface area contributed by atoms with Crippen LogP contribution in [0.1, 0.15) is 28.1 Å². The minimum Gasteiger partial charge on any atom is -0.351 e. The zero-order valence-electron chi connectivity index (χ0n) is 18.9. The first kappa shape index (κ1) is 25.3. The molecule has 1 fully saturated rings. The van der Waals surface area contributed by atoms with Crippen molar-refractivity contribution in [2.75, 3.05) is 18.4 Å². The topological polar surface area (TPSA) is 104 Å². The lowest BCUT2D eigenvalue weighted by Crippen LogP contribution is -2.47. The summed E-state index contributed by atoms with van der Waals surface area (Å²) in [6.07, 6.45) is 6.40. The van der Waals surface area contributed by atoms with Crippen LogP contribution >= 0.6 is 22.9 Å². The van der Waals surface area contributed by atoms with E-state index in [0.717, 1.165) is 29.1 Å². The number of nitrogens with zero attached hydrogens (tertiary/aromatic N) is 3. The number of carbonyl (C=O) groups is 1. The molecule has 1 amide bonds. The summed E-state index contributed by atoms with van der Waals surface area (Å²) < 4.78 is 27.1. The van der Waals surface area contributed by atoms with E-state index in [2.05, 4.69) is 27.2 Å². The molecule has 3 aromatic rings. The Morgan fingerprint density at radius 2 is 1.86 bits per heavy atom. The molecule has 0 aliphatic carbocycles. The Balaban J connectivity index is 1.35. The fourth-order valence-corrected chi connectivity index (χ4v) is 7.16. The Labute approximate surface area is 214 Å². The van der Waals surface area contributed by atoms with Gasteiger partial charge in [-0.2, -0.15) is 0 Å². The van der Waals surface area contributed by atoms with Gasteiger partial charge >= 0.3 is 0 Å². The number of benzene rings is 1. The Bertz CT molecular complexity index is 1260. The normalized spacial score (nSPS) is 15.9. The third-order valence-corrected chi connectivity index (χ3v) is 9.66. The van der Waals surface area contributed by atoms with Gasteiger partial charge in [-0.1, -0.05) is 17.7 Å². The molecule has 0 radical (unpaired) electrons. The highest BCUT2D eigenvalue weighted by atomic mass is 35.5. The number of piperidine rings is 1. The Morgan fingerprint density at radius 1 is 1.17 bits per heavy atom. The van der Waals surface area contributed by atoms with Crippen LogP contribution in [0.2, 0.25) is 5.02 Å². The molecule has 1 aliphatic heterocycles. The first-order chi connectivity index (χ1) is 16.9. The van der Waals surface area contributed by atoms with Gasteiger partial charge in [0, 0.05) is 47.0 Å². The van der Waals surface area contributed by atoms with Crippen LogP contribution in [0.15, 0.2) is 71.7 Å². The van der Waals surface area contributed by atoms with Crippen molar-refractivity contribution in [3.05, 3.63) is 83.0 Å². The average Bonchev–Trinajstić information content (AvgIpc) is 3.35. The number of likely N-dealkylation sites (tertiary alicyclic amines) is 1. The van der Waals surface area contributed by atoms with Crippen molar-refractivity contribution < 1.29 is 13.2 Å². The number of hydrogen-bond donors (Lipinski definition) is 2. The fourth-order valence-electron chi connectivity index (χ4n) is 3.92. The van der Waals surface area contributed by atoms with Gasteiger partial charge in [0.1, 0.15) is 9.58 Å². The maximum Gasteiger partial charge on any atom is 0.251 e. The van der Waals surface area contributed by atoms with Crippen molar-refractivity contribution in [3.63, 3.8) is 0 Å². The summed E-state index contributed by atoms with van der Waals surface area (Å²) in [5.41, 5.74) is 0.488. The summed E-state index contributed by atoms with van der Waals surface area (Å²) in [5, 5.41) is 5.86. The molecule has 0 saturated carbocycles. The van der Waals surface area contributed by atoms with E-state index in [9.17, 15) is 13.2 Å². The minimum atomic E-state index is -3.65. The van der Waals surface area contributed by atoms with E-state index >= 15 is 0 Å². The monoisotopic (exact) mass is 531 g/mol. The minimum absolute atomic E-state index is 0.180. The molecular formula is C24H26ClN5O3S2. The quantitative estimate of drug-likeness (QED) is 0.402. The number of aromatic nitrogens is 2. The van der Waals surface area contributed by atoms with E-state index in [1.807, 2.05) is 4.90 Å². The van der Waals surface area contributed by atoms with Crippen molar-refractivity contribution >= 4 is 44.6 Å². The molecule has 0 bridgehead atoms. The number of thiophene rings is 1. The van der Waals surface area contributed by atoms with E-state index < -0.39 is 15.2 Å². The summed E-state index contributed by atoms with van der Waals surface area (Å²) in [5.74, 6) is 0.328. The van der Waals surface area contributed by atoms with Crippen molar-refractivity contribution in [1.29, 1.82) is 0 Å². The van der Waals surface area contributed by atoms with Crippen molar-refractivity contribution in [2.45, 2.75) is 35.0 Å². The van der Waals surface area contributed by atoms with Gasteiger partial charge in [0.05, 0.1) is 6.54 Å². The van der Waals surface area contributed by atoms with Gasteiger partial charge in [-0.15, -0.1) is 17.9 Å². The van der Waals surface area contributed by atoms with Gasteiger partial charge in [0.2, 0.25) is 15.8 Å². The molecule has 1 atom stereocenters. The van der Waals surface area contributed by atoms with Crippen molar-refractivity contribution in [3.8, 4) is 0 Å². The molecule has 35 heavy (non-hydrogen) atoms. The summed E-state index contributed by atoms with van der Waals surface area (Å²) in [7, 11) is -3.65. The number of amides is 1. The lowest BCUT2D eigenvalue weighted by atomic mass is 10.1. The molecule has 3 heterocycles. The van der Waals surface area contributed by atoms with Crippen molar-refractivity contribution in [1.82, 2.24) is 20.2 Å². The largest absolute Gasteiger partial charge is 0.351 e. The summed E-state index contributed by atoms with van der Waals surface area (Å²) >= 11 is 7.03. The van der Waals surface area contributed by atoms with Crippen LogP contribution < -0.4 is 10.6 Å². The second kappa shape index (κ2) is 11.3. The van der Waals surface area contributed by atoms with Gasteiger partial charge in [-0.3, -0.25) is 9.69 Å². The molecule has 1 unspecified atom stereocenters. The third-order valence-electron chi connectivity index (χ3n) is 5.75. The number of hydrogen-bond acceptors (Lipinski definition) is 8. The number of nitrogens with one attached hydrogen (secondary N) is 2. The maximum atomic E-state index is 13.4. The smallest absolute Gasteiger partial charge is 0.251 e. The fraction of sp³-hybridized carbons (Fsp3) is 0.292. The van der Waals surface area contributed by atoms with Crippen LogP contribution in [0.4, 0.5) is 5.95 Å². The second-order valence-corrected chi connectivity index (χ2v) is 12.0.